The summed E-state index contributed by atoms with van der Waals surface area (Å²) in [6, 6.07) is 4.41. The molecule has 0 spiro atoms. The van der Waals surface area contributed by atoms with E-state index in [0.29, 0.717) is 30.3 Å². The predicted molar refractivity (Wildman–Crippen MR) is 79.1 cm³/mol. The van der Waals surface area contributed by atoms with Crippen molar-refractivity contribution >= 4 is 17.3 Å². The van der Waals surface area contributed by atoms with Gasteiger partial charge in [0.05, 0.1) is 4.92 Å². The Labute approximate surface area is 118 Å². The van der Waals surface area contributed by atoms with Gasteiger partial charge in [0.1, 0.15) is 5.69 Å². The smallest absolute Gasteiger partial charge is 0.292 e. The minimum absolute atomic E-state index is 0.0186. The van der Waals surface area contributed by atoms with Gasteiger partial charge in [0, 0.05) is 31.8 Å². The molecule has 0 fully saturated rings. The fourth-order valence-corrected chi connectivity index (χ4v) is 2.01. The molecule has 0 saturated heterocycles. The van der Waals surface area contributed by atoms with Crippen LogP contribution in [0.25, 0.3) is 0 Å². The predicted octanol–water partition coefficient (Wildman–Crippen LogP) is 2.75. The van der Waals surface area contributed by atoms with E-state index in [1.54, 1.807) is 18.0 Å². The van der Waals surface area contributed by atoms with Crippen LogP contribution < -0.4 is 5.32 Å². The van der Waals surface area contributed by atoms with Crippen LogP contribution in [0.5, 0.6) is 0 Å². The number of anilines is 1. The minimum atomic E-state index is -0.454. The fraction of sp³-hybridized carbons (Fsp3) is 0.500. The van der Waals surface area contributed by atoms with E-state index in [9.17, 15) is 14.9 Å². The number of carbonyl (C=O) groups is 1. The van der Waals surface area contributed by atoms with Gasteiger partial charge in [-0.2, -0.15) is 0 Å². The summed E-state index contributed by atoms with van der Waals surface area (Å²) in [5.41, 5.74) is 0.811. The number of rotatable bonds is 6. The third-order valence-electron chi connectivity index (χ3n) is 2.79. The Hall–Kier alpha value is -2.11. The zero-order valence-corrected chi connectivity index (χ0v) is 12.3. The van der Waals surface area contributed by atoms with Crippen LogP contribution in [-0.4, -0.2) is 35.9 Å². The Balaban J connectivity index is 3.05. The molecule has 0 aliphatic heterocycles. The summed E-state index contributed by atoms with van der Waals surface area (Å²) in [6.45, 7) is 7.11. The Kier molecular flexibility index (Phi) is 5.49. The van der Waals surface area contributed by atoms with Crippen molar-refractivity contribution in [2.24, 2.45) is 5.92 Å². The van der Waals surface area contributed by atoms with E-state index in [2.05, 4.69) is 5.32 Å². The van der Waals surface area contributed by atoms with E-state index in [1.165, 1.54) is 12.1 Å². The molecule has 20 heavy (non-hydrogen) atoms. The number of amides is 1. The van der Waals surface area contributed by atoms with Crippen molar-refractivity contribution in [3.8, 4) is 0 Å². The highest BCUT2D eigenvalue weighted by Gasteiger charge is 2.18. The van der Waals surface area contributed by atoms with Crippen molar-refractivity contribution in [2.45, 2.75) is 20.8 Å². The van der Waals surface area contributed by atoms with Crippen molar-refractivity contribution in [2.75, 3.05) is 25.5 Å². The zero-order valence-electron chi connectivity index (χ0n) is 12.3. The van der Waals surface area contributed by atoms with Crippen LogP contribution in [0.15, 0.2) is 18.2 Å². The first-order valence-corrected chi connectivity index (χ1v) is 6.64. The van der Waals surface area contributed by atoms with Gasteiger partial charge in [-0.05, 0) is 25.0 Å². The molecule has 0 aromatic heterocycles. The lowest BCUT2D eigenvalue weighted by Crippen LogP contribution is -2.30. The van der Waals surface area contributed by atoms with Crippen molar-refractivity contribution in [3.63, 3.8) is 0 Å². The van der Waals surface area contributed by atoms with Crippen molar-refractivity contribution in [1.82, 2.24) is 4.90 Å². The van der Waals surface area contributed by atoms with E-state index < -0.39 is 4.92 Å². The molecule has 0 bridgehead atoms. The van der Waals surface area contributed by atoms with Crippen LogP contribution in [0.1, 0.15) is 31.1 Å². The molecule has 1 aromatic rings. The van der Waals surface area contributed by atoms with E-state index in [0.717, 1.165) is 0 Å². The highest BCUT2D eigenvalue weighted by atomic mass is 16.6. The van der Waals surface area contributed by atoms with Gasteiger partial charge in [-0.15, -0.1) is 0 Å². The maximum absolute atomic E-state index is 12.2. The van der Waals surface area contributed by atoms with E-state index >= 15 is 0 Å². The number of hydrogen-bond donors (Lipinski definition) is 1. The Bertz CT molecular complexity index is 500. The summed E-state index contributed by atoms with van der Waals surface area (Å²) >= 11 is 0. The average Bonchev–Trinajstić information content (AvgIpc) is 2.37. The summed E-state index contributed by atoms with van der Waals surface area (Å²) in [5.74, 6) is 0.239. The number of nitrogens with zero attached hydrogens (tertiary/aromatic N) is 2. The van der Waals surface area contributed by atoms with Gasteiger partial charge in [0.2, 0.25) is 0 Å². The second-order valence-corrected chi connectivity index (χ2v) is 5.10. The third-order valence-corrected chi connectivity index (χ3v) is 2.79. The van der Waals surface area contributed by atoms with Crippen molar-refractivity contribution in [1.29, 1.82) is 0 Å². The SMILES string of the molecule is CCNc1cc(C(=O)N(C)CC(C)C)ccc1[N+](=O)[O-]. The van der Waals surface area contributed by atoms with Gasteiger partial charge < -0.3 is 10.2 Å². The van der Waals surface area contributed by atoms with E-state index in [-0.39, 0.29) is 11.6 Å². The lowest BCUT2D eigenvalue weighted by molar-refractivity contribution is -0.384. The molecule has 0 radical (unpaired) electrons. The van der Waals surface area contributed by atoms with Crippen LogP contribution in [0.4, 0.5) is 11.4 Å². The van der Waals surface area contributed by atoms with Crippen molar-refractivity contribution in [3.05, 3.63) is 33.9 Å². The quantitative estimate of drug-likeness (QED) is 0.641. The molecule has 0 atom stereocenters. The summed E-state index contributed by atoms with van der Waals surface area (Å²) in [6.07, 6.45) is 0. The van der Waals surface area contributed by atoms with Crippen LogP contribution in [-0.2, 0) is 0 Å². The third kappa shape index (κ3) is 3.94. The van der Waals surface area contributed by atoms with Gasteiger partial charge in [0.15, 0.2) is 0 Å². The minimum Gasteiger partial charge on any atom is -0.380 e. The Morgan fingerprint density at radius 2 is 2.10 bits per heavy atom. The van der Waals surface area contributed by atoms with Gasteiger partial charge in [-0.1, -0.05) is 13.8 Å². The maximum atomic E-state index is 12.2. The van der Waals surface area contributed by atoms with Crippen LogP contribution in [0, 0.1) is 16.0 Å². The Morgan fingerprint density at radius 1 is 1.45 bits per heavy atom. The molecule has 110 valence electrons. The number of nitrogens with one attached hydrogen (secondary N) is 1. The first kappa shape index (κ1) is 15.9. The van der Waals surface area contributed by atoms with Gasteiger partial charge in [0.25, 0.3) is 11.6 Å². The summed E-state index contributed by atoms with van der Waals surface area (Å²) < 4.78 is 0. The number of nitro groups is 1. The van der Waals surface area contributed by atoms with E-state index in [1.807, 2.05) is 20.8 Å². The lowest BCUT2D eigenvalue weighted by atomic mass is 10.1. The summed E-state index contributed by atoms with van der Waals surface area (Å²) in [7, 11) is 1.73. The lowest BCUT2D eigenvalue weighted by Gasteiger charge is -2.19. The first-order chi connectivity index (χ1) is 9.36. The van der Waals surface area contributed by atoms with Gasteiger partial charge >= 0.3 is 0 Å². The number of hydrogen-bond acceptors (Lipinski definition) is 4. The maximum Gasteiger partial charge on any atom is 0.292 e. The summed E-state index contributed by atoms with van der Waals surface area (Å²) in [4.78, 5) is 24.3. The molecular weight excluding hydrogens is 258 g/mol. The fourth-order valence-electron chi connectivity index (χ4n) is 2.01. The number of nitro benzene ring substituents is 1. The normalized spacial score (nSPS) is 10.4. The highest BCUT2D eigenvalue weighted by molar-refractivity contribution is 5.95. The van der Waals surface area contributed by atoms with Gasteiger partial charge in [-0.25, -0.2) is 0 Å². The van der Waals surface area contributed by atoms with Gasteiger partial charge in [-0.3, -0.25) is 14.9 Å². The van der Waals surface area contributed by atoms with Crippen LogP contribution >= 0.6 is 0 Å². The Morgan fingerprint density at radius 3 is 2.60 bits per heavy atom. The molecule has 0 heterocycles. The first-order valence-electron chi connectivity index (χ1n) is 6.64. The molecule has 0 aliphatic carbocycles. The molecule has 0 aliphatic rings. The van der Waals surface area contributed by atoms with Crippen LogP contribution in [0.2, 0.25) is 0 Å². The molecule has 6 nitrogen and oxygen atoms in total. The zero-order chi connectivity index (χ0) is 15.3. The standard InChI is InChI=1S/C14H21N3O3/c1-5-15-12-8-11(6-7-13(12)17(19)20)14(18)16(4)9-10(2)3/h6-8,10,15H,5,9H2,1-4H3. The second-order valence-electron chi connectivity index (χ2n) is 5.10. The molecule has 0 saturated carbocycles. The molecule has 0 unspecified atom stereocenters. The largest absolute Gasteiger partial charge is 0.380 e. The molecule has 1 aromatic carbocycles. The molecule has 1 N–H and O–H groups in total. The molecule has 1 amide bonds. The summed E-state index contributed by atoms with van der Waals surface area (Å²) in [5, 5.41) is 13.8. The molecular formula is C14H21N3O3. The van der Waals surface area contributed by atoms with Crippen LogP contribution in [0.3, 0.4) is 0 Å². The topological polar surface area (TPSA) is 75.5 Å². The monoisotopic (exact) mass is 279 g/mol. The molecule has 1 rings (SSSR count). The molecule has 6 heteroatoms. The second kappa shape index (κ2) is 6.88. The van der Waals surface area contributed by atoms with E-state index in [4.69, 9.17) is 0 Å². The number of carbonyl (C=O) groups excluding carboxylic acids is 1. The van der Waals surface area contributed by atoms with Crippen molar-refractivity contribution < 1.29 is 9.72 Å². The highest BCUT2D eigenvalue weighted by Crippen LogP contribution is 2.25. The average molecular weight is 279 g/mol. The number of benzene rings is 1.